The monoisotopic (exact) mass is 215 g/mol. The molecule has 2 N–H and O–H groups in total. The predicted octanol–water partition coefficient (Wildman–Crippen LogP) is 2.27. The highest BCUT2D eigenvalue weighted by Crippen LogP contribution is 2.32. The van der Waals surface area contributed by atoms with E-state index in [1.54, 1.807) is 0 Å². The zero-order valence-corrected chi connectivity index (χ0v) is 8.89. The summed E-state index contributed by atoms with van der Waals surface area (Å²) in [4.78, 5) is 4.37. The normalized spacial score (nSPS) is 15.2. The number of benzene rings is 1. The summed E-state index contributed by atoms with van der Waals surface area (Å²) in [5, 5.41) is 3.98. The van der Waals surface area contributed by atoms with Crippen LogP contribution in [0.15, 0.2) is 28.8 Å². The Hall–Kier alpha value is -1.84. The second-order valence-corrected chi connectivity index (χ2v) is 4.29. The van der Waals surface area contributed by atoms with E-state index in [-0.39, 0.29) is 0 Å². The maximum Gasteiger partial charge on any atom is 0.257 e. The molecule has 1 fully saturated rings. The quantitative estimate of drug-likeness (QED) is 0.797. The van der Waals surface area contributed by atoms with Crippen molar-refractivity contribution in [2.45, 2.75) is 19.3 Å². The first-order valence-corrected chi connectivity index (χ1v) is 5.50. The van der Waals surface area contributed by atoms with Crippen molar-refractivity contribution in [1.29, 1.82) is 0 Å². The largest absolute Gasteiger partial charge is 0.399 e. The van der Waals surface area contributed by atoms with Gasteiger partial charge in [0.2, 0.25) is 0 Å². The zero-order valence-electron chi connectivity index (χ0n) is 8.89. The van der Waals surface area contributed by atoms with Gasteiger partial charge in [0.25, 0.3) is 5.89 Å². The fraction of sp³-hybridized carbons (Fsp3) is 0.333. The zero-order chi connectivity index (χ0) is 11.0. The van der Waals surface area contributed by atoms with E-state index in [0.717, 1.165) is 23.7 Å². The number of nitrogen functional groups attached to an aromatic ring is 1. The van der Waals surface area contributed by atoms with Crippen molar-refractivity contribution in [2.24, 2.45) is 5.92 Å². The molecular weight excluding hydrogens is 202 g/mol. The summed E-state index contributed by atoms with van der Waals surface area (Å²) in [7, 11) is 0. The van der Waals surface area contributed by atoms with Crippen LogP contribution in [-0.4, -0.2) is 10.1 Å². The lowest BCUT2D eigenvalue weighted by Crippen LogP contribution is -1.89. The maximum atomic E-state index is 5.70. The second-order valence-electron chi connectivity index (χ2n) is 4.29. The molecule has 0 bridgehead atoms. The molecule has 1 aliphatic carbocycles. The Morgan fingerprint density at radius 3 is 3.00 bits per heavy atom. The lowest BCUT2D eigenvalue weighted by molar-refractivity contribution is 0.421. The molecule has 1 aromatic heterocycles. The van der Waals surface area contributed by atoms with E-state index in [1.165, 1.54) is 12.8 Å². The minimum absolute atomic E-state index is 0.558. The molecule has 0 saturated heterocycles. The predicted molar refractivity (Wildman–Crippen MR) is 60.6 cm³/mol. The Morgan fingerprint density at radius 1 is 1.38 bits per heavy atom. The van der Waals surface area contributed by atoms with Gasteiger partial charge in [-0.05, 0) is 37.0 Å². The first kappa shape index (κ1) is 9.39. The third-order valence-corrected chi connectivity index (χ3v) is 2.77. The summed E-state index contributed by atoms with van der Waals surface area (Å²) in [6, 6.07) is 7.49. The van der Waals surface area contributed by atoms with Gasteiger partial charge in [-0.15, -0.1) is 0 Å². The van der Waals surface area contributed by atoms with Crippen LogP contribution in [0, 0.1) is 5.92 Å². The third-order valence-electron chi connectivity index (χ3n) is 2.77. The number of rotatable bonds is 3. The van der Waals surface area contributed by atoms with E-state index in [9.17, 15) is 0 Å². The Bertz CT molecular complexity index is 502. The molecule has 1 aliphatic rings. The first-order valence-electron chi connectivity index (χ1n) is 5.50. The Balaban J connectivity index is 1.85. The van der Waals surface area contributed by atoms with Gasteiger partial charge >= 0.3 is 0 Å². The first-order chi connectivity index (χ1) is 7.81. The van der Waals surface area contributed by atoms with E-state index in [4.69, 9.17) is 10.3 Å². The molecule has 82 valence electrons. The SMILES string of the molecule is Nc1cccc(-c2nc(CC3CC3)no2)c1. The minimum Gasteiger partial charge on any atom is -0.399 e. The van der Waals surface area contributed by atoms with Gasteiger partial charge < -0.3 is 10.3 Å². The van der Waals surface area contributed by atoms with Crippen molar-refractivity contribution in [2.75, 3.05) is 5.73 Å². The highest BCUT2D eigenvalue weighted by molar-refractivity contribution is 5.59. The van der Waals surface area contributed by atoms with Crippen molar-refractivity contribution in [3.8, 4) is 11.5 Å². The highest BCUT2D eigenvalue weighted by atomic mass is 16.5. The molecule has 1 heterocycles. The van der Waals surface area contributed by atoms with Crippen LogP contribution in [0.1, 0.15) is 18.7 Å². The van der Waals surface area contributed by atoms with Crippen molar-refractivity contribution in [1.82, 2.24) is 10.1 Å². The maximum absolute atomic E-state index is 5.70. The Labute approximate surface area is 93.5 Å². The van der Waals surface area contributed by atoms with Crippen molar-refractivity contribution >= 4 is 5.69 Å². The van der Waals surface area contributed by atoms with Crippen LogP contribution in [0.3, 0.4) is 0 Å². The van der Waals surface area contributed by atoms with Crippen molar-refractivity contribution < 1.29 is 4.52 Å². The molecule has 0 atom stereocenters. The van der Waals surface area contributed by atoms with E-state index >= 15 is 0 Å². The van der Waals surface area contributed by atoms with Gasteiger partial charge in [0.05, 0.1) is 0 Å². The van der Waals surface area contributed by atoms with E-state index in [0.29, 0.717) is 11.6 Å². The molecular formula is C12H13N3O. The van der Waals surface area contributed by atoms with Gasteiger partial charge in [0.15, 0.2) is 5.82 Å². The van der Waals surface area contributed by atoms with Crippen LogP contribution >= 0.6 is 0 Å². The van der Waals surface area contributed by atoms with E-state index in [1.807, 2.05) is 24.3 Å². The van der Waals surface area contributed by atoms with Crippen LogP contribution in [-0.2, 0) is 6.42 Å². The average molecular weight is 215 g/mol. The summed E-state index contributed by atoms with van der Waals surface area (Å²) >= 11 is 0. The number of nitrogens with two attached hydrogens (primary N) is 1. The molecule has 0 radical (unpaired) electrons. The number of hydrogen-bond acceptors (Lipinski definition) is 4. The highest BCUT2D eigenvalue weighted by Gasteiger charge is 2.24. The topological polar surface area (TPSA) is 64.9 Å². The molecule has 0 spiro atoms. The standard InChI is InChI=1S/C12H13N3O/c13-10-3-1-2-9(7-10)12-14-11(15-16-12)6-8-4-5-8/h1-3,7-8H,4-6,13H2. The van der Waals surface area contributed by atoms with Gasteiger partial charge in [0.1, 0.15) is 0 Å². The van der Waals surface area contributed by atoms with Crippen molar-refractivity contribution in [3.05, 3.63) is 30.1 Å². The molecule has 4 nitrogen and oxygen atoms in total. The number of nitrogens with zero attached hydrogens (tertiary/aromatic N) is 2. The molecule has 0 amide bonds. The molecule has 3 rings (SSSR count). The van der Waals surface area contributed by atoms with Crippen LogP contribution in [0.5, 0.6) is 0 Å². The van der Waals surface area contributed by atoms with Crippen LogP contribution in [0.4, 0.5) is 5.69 Å². The van der Waals surface area contributed by atoms with Gasteiger partial charge in [-0.1, -0.05) is 11.2 Å². The summed E-state index contributed by atoms with van der Waals surface area (Å²) in [6.07, 6.45) is 3.52. The van der Waals surface area contributed by atoms with E-state index < -0.39 is 0 Å². The summed E-state index contributed by atoms with van der Waals surface area (Å²) < 4.78 is 5.22. The van der Waals surface area contributed by atoms with Crippen LogP contribution in [0.25, 0.3) is 11.5 Å². The Morgan fingerprint density at radius 2 is 2.25 bits per heavy atom. The van der Waals surface area contributed by atoms with Gasteiger partial charge in [-0.2, -0.15) is 4.98 Å². The molecule has 2 aromatic rings. The minimum atomic E-state index is 0.558. The number of aromatic nitrogens is 2. The summed E-state index contributed by atoms with van der Waals surface area (Å²) in [5.74, 6) is 2.13. The summed E-state index contributed by atoms with van der Waals surface area (Å²) in [6.45, 7) is 0. The fourth-order valence-electron chi connectivity index (χ4n) is 1.71. The summed E-state index contributed by atoms with van der Waals surface area (Å²) in [5.41, 5.74) is 7.30. The molecule has 1 saturated carbocycles. The molecule has 16 heavy (non-hydrogen) atoms. The van der Waals surface area contributed by atoms with Gasteiger partial charge in [0, 0.05) is 17.7 Å². The smallest absolute Gasteiger partial charge is 0.257 e. The van der Waals surface area contributed by atoms with Gasteiger partial charge in [-0.3, -0.25) is 0 Å². The van der Waals surface area contributed by atoms with Crippen LogP contribution in [0.2, 0.25) is 0 Å². The van der Waals surface area contributed by atoms with E-state index in [2.05, 4.69) is 10.1 Å². The molecule has 0 aliphatic heterocycles. The number of hydrogen-bond donors (Lipinski definition) is 1. The lowest BCUT2D eigenvalue weighted by Gasteiger charge is -1.95. The molecule has 4 heteroatoms. The molecule has 0 unspecified atom stereocenters. The van der Waals surface area contributed by atoms with Crippen molar-refractivity contribution in [3.63, 3.8) is 0 Å². The third kappa shape index (κ3) is 1.91. The fourth-order valence-corrected chi connectivity index (χ4v) is 1.71. The lowest BCUT2D eigenvalue weighted by atomic mass is 10.2. The number of anilines is 1. The molecule has 1 aromatic carbocycles. The van der Waals surface area contributed by atoms with Crippen LogP contribution < -0.4 is 5.73 Å². The van der Waals surface area contributed by atoms with Gasteiger partial charge in [-0.25, -0.2) is 0 Å². The second kappa shape index (κ2) is 3.63. The Kier molecular flexibility index (Phi) is 2.13. The average Bonchev–Trinajstić information content (AvgIpc) is 2.94.